The van der Waals surface area contributed by atoms with Gasteiger partial charge in [-0.05, 0) is 75.5 Å². The van der Waals surface area contributed by atoms with Gasteiger partial charge in [0.25, 0.3) is 5.19 Å². The van der Waals surface area contributed by atoms with Crippen LogP contribution in [-0.4, -0.2) is 59.8 Å². The fourth-order valence-corrected chi connectivity index (χ4v) is 9.75. The van der Waals surface area contributed by atoms with Crippen molar-refractivity contribution < 1.29 is 27.5 Å². The summed E-state index contributed by atoms with van der Waals surface area (Å²) >= 11 is 1.43. The maximum atomic E-state index is 14.5. The molecule has 5 atom stereocenters. The van der Waals surface area contributed by atoms with Crippen LogP contribution in [0.25, 0.3) is 10.2 Å². The molecule has 3 fully saturated rings. The lowest BCUT2D eigenvalue weighted by Crippen LogP contribution is -2.46. The summed E-state index contributed by atoms with van der Waals surface area (Å²) in [5.41, 5.74) is 1.91. The van der Waals surface area contributed by atoms with Gasteiger partial charge < -0.3 is 9.64 Å². The molecule has 0 radical (unpaired) electrons. The number of nitrogens with one attached hydrogen (secondary N) is 1. The Morgan fingerprint density at radius 3 is 2.71 bits per heavy atom. The summed E-state index contributed by atoms with van der Waals surface area (Å²) in [6, 6.07) is 15.2. The van der Waals surface area contributed by atoms with Gasteiger partial charge in [-0.25, -0.2) is 13.4 Å². The average Bonchev–Trinajstić information content (AvgIpc) is 3.94. The van der Waals surface area contributed by atoms with Crippen molar-refractivity contribution in [3.8, 4) is 5.19 Å². The standard InChI is InChI=1S/C37H43N3O6S2/c1-24-10-9-11-25(18-24)19-26-12-5-3-2-4-6-13-27-21-37(27,35(43)39-48(44,45)29-16-17-29)22-32(41)31-20-28(23-40(31)34(26)42)46-36-38-30-14-7-8-15-33(30)47-36/h6-11,13-15,18,26-29,31H,2-5,12,16-17,19-23H2,1H3,(H,39,43)/b13-6-/t26-,27-,28-,31+,37-/m1/s1. The molecule has 3 aromatic rings. The molecule has 11 heteroatoms. The van der Waals surface area contributed by atoms with E-state index >= 15 is 0 Å². The highest BCUT2D eigenvalue weighted by Crippen LogP contribution is 2.57. The number of aryl methyl sites for hydroxylation is 1. The van der Waals surface area contributed by atoms with Crippen LogP contribution in [0.5, 0.6) is 5.19 Å². The van der Waals surface area contributed by atoms with Gasteiger partial charge >= 0.3 is 0 Å². The highest BCUT2D eigenvalue weighted by atomic mass is 32.2. The highest BCUT2D eigenvalue weighted by molar-refractivity contribution is 7.90. The lowest BCUT2D eigenvalue weighted by molar-refractivity contribution is -0.142. The fourth-order valence-electron chi connectivity index (χ4n) is 7.49. The normalized spacial score (nSPS) is 29.0. The second kappa shape index (κ2) is 13.4. The number of benzene rings is 2. The van der Waals surface area contributed by atoms with Crippen LogP contribution in [0.1, 0.15) is 75.3 Å². The van der Waals surface area contributed by atoms with Gasteiger partial charge in [0, 0.05) is 18.8 Å². The fraction of sp³-hybridized carbons (Fsp3) is 0.514. The second-order valence-electron chi connectivity index (χ2n) is 14.2. The Kier molecular flexibility index (Phi) is 9.19. The lowest BCUT2D eigenvalue weighted by Gasteiger charge is -2.29. The first-order chi connectivity index (χ1) is 23.1. The number of thiazole rings is 1. The van der Waals surface area contributed by atoms with Gasteiger partial charge in [-0.15, -0.1) is 0 Å². The van der Waals surface area contributed by atoms with Gasteiger partial charge in [-0.3, -0.25) is 19.1 Å². The maximum absolute atomic E-state index is 14.5. The van der Waals surface area contributed by atoms with Crippen LogP contribution in [0.3, 0.4) is 0 Å². The van der Waals surface area contributed by atoms with Crippen molar-refractivity contribution in [2.45, 2.75) is 94.9 Å². The molecule has 2 aliphatic carbocycles. The smallest absolute Gasteiger partial charge is 0.274 e. The van der Waals surface area contributed by atoms with E-state index in [1.54, 1.807) is 4.90 Å². The van der Waals surface area contributed by atoms with E-state index in [4.69, 9.17) is 4.74 Å². The third kappa shape index (κ3) is 7.08. The molecule has 1 N–H and O–H groups in total. The number of Topliss-reactive ketones (excluding diaryl/α,β-unsaturated/α-hetero) is 1. The predicted molar refractivity (Wildman–Crippen MR) is 185 cm³/mol. The van der Waals surface area contributed by atoms with Gasteiger partial charge in [0.15, 0.2) is 5.78 Å². The van der Waals surface area contributed by atoms with E-state index < -0.39 is 38.7 Å². The largest absolute Gasteiger partial charge is 0.465 e. The summed E-state index contributed by atoms with van der Waals surface area (Å²) in [6.07, 6.45) is 10.2. The van der Waals surface area contributed by atoms with Crippen molar-refractivity contribution in [1.82, 2.24) is 14.6 Å². The molecule has 2 saturated carbocycles. The van der Waals surface area contributed by atoms with Crippen molar-refractivity contribution >= 4 is 49.2 Å². The Labute approximate surface area is 286 Å². The monoisotopic (exact) mass is 689 g/mol. The summed E-state index contributed by atoms with van der Waals surface area (Å²) in [5, 5.41) is -0.0501. The number of fused-ring (bicyclic) bond motifs is 3. The highest BCUT2D eigenvalue weighted by Gasteiger charge is 2.61. The molecule has 2 amide bonds. The molecule has 4 aliphatic rings. The third-order valence-corrected chi connectivity index (χ3v) is 13.2. The summed E-state index contributed by atoms with van der Waals surface area (Å²) in [7, 11) is -3.78. The molecule has 48 heavy (non-hydrogen) atoms. The maximum Gasteiger partial charge on any atom is 0.274 e. The van der Waals surface area contributed by atoms with E-state index in [9.17, 15) is 22.8 Å². The number of para-hydroxylation sites is 1. The minimum Gasteiger partial charge on any atom is -0.465 e. The molecular formula is C37H43N3O6S2. The van der Waals surface area contributed by atoms with Gasteiger partial charge in [0.1, 0.15) is 6.10 Å². The first-order valence-electron chi connectivity index (χ1n) is 17.2. The van der Waals surface area contributed by atoms with Crippen LogP contribution in [0, 0.1) is 24.2 Å². The van der Waals surface area contributed by atoms with E-state index in [1.807, 2.05) is 49.4 Å². The molecule has 1 saturated heterocycles. The Morgan fingerprint density at radius 2 is 1.92 bits per heavy atom. The SMILES string of the molecule is Cc1cccc(C[C@H]2CCCCC/C=C\[C@@H]3C[C@@]3(C(=O)NS(=O)(=O)C3CC3)CC(=O)[C@@H]3C[C@@H](Oc4nc5ccccc5s4)CN3C2=O)c1. The Balaban J connectivity index is 1.18. The molecule has 3 heterocycles. The molecule has 1 aromatic heterocycles. The van der Waals surface area contributed by atoms with Crippen molar-refractivity contribution in [3.05, 3.63) is 71.8 Å². The first kappa shape index (κ1) is 33.0. The van der Waals surface area contributed by atoms with Crippen molar-refractivity contribution in [1.29, 1.82) is 0 Å². The number of hydrogen-bond donors (Lipinski definition) is 1. The van der Waals surface area contributed by atoms with E-state index in [0.29, 0.717) is 37.3 Å². The Morgan fingerprint density at radius 1 is 1.08 bits per heavy atom. The molecule has 2 aliphatic heterocycles. The van der Waals surface area contributed by atoms with Crippen LogP contribution in [0.4, 0.5) is 0 Å². The number of aromatic nitrogens is 1. The number of carbonyl (C=O) groups excluding carboxylic acids is 3. The third-order valence-electron chi connectivity index (χ3n) is 10.4. The van der Waals surface area contributed by atoms with Gasteiger partial charge in [0.05, 0.1) is 33.5 Å². The molecule has 7 rings (SSSR count). The molecular weight excluding hydrogens is 647 g/mol. The average molecular weight is 690 g/mol. The molecule has 9 nitrogen and oxygen atoms in total. The quantitative estimate of drug-likeness (QED) is 0.306. The number of hydrogen-bond acceptors (Lipinski definition) is 8. The van der Waals surface area contributed by atoms with Crippen LogP contribution >= 0.6 is 11.3 Å². The summed E-state index contributed by atoms with van der Waals surface area (Å²) in [6.45, 7) is 2.29. The zero-order valence-corrected chi connectivity index (χ0v) is 28.9. The molecule has 0 unspecified atom stereocenters. The number of ketones is 1. The zero-order valence-electron chi connectivity index (χ0n) is 27.3. The van der Waals surface area contributed by atoms with Crippen LogP contribution in [0.2, 0.25) is 0 Å². The summed E-state index contributed by atoms with van der Waals surface area (Å²) in [4.78, 5) is 48.9. The zero-order chi connectivity index (χ0) is 33.5. The Bertz CT molecular complexity index is 1820. The summed E-state index contributed by atoms with van der Waals surface area (Å²) in [5.74, 6) is -1.43. The number of allylic oxidation sites excluding steroid dienone is 2. The number of rotatable bonds is 7. The van der Waals surface area contributed by atoms with E-state index in [0.717, 1.165) is 47.0 Å². The van der Waals surface area contributed by atoms with Crippen molar-refractivity contribution in [2.24, 2.45) is 17.3 Å². The number of nitrogens with zero attached hydrogens (tertiary/aromatic N) is 2. The lowest BCUT2D eigenvalue weighted by atomic mass is 9.89. The second-order valence-corrected chi connectivity index (χ2v) is 17.1. The topological polar surface area (TPSA) is 123 Å². The van der Waals surface area contributed by atoms with Crippen molar-refractivity contribution in [2.75, 3.05) is 6.54 Å². The first-order valence-corrected chi connectivity index (χ1v) is 19.6. The van der Waals surface area contributed by atoms with E-state index in [2.05, 4.69) is 27.9 Å². The Hall–Kier alpha value is -3.57. The van der Waals surface area contributed by atoms with E-state index in [1.165, 1.54) is 11.3 Å². The predicted octanol–water partition coefficient (Wildman–Crippen LogP) is 5.91. The van der Waals surface area contributed by atoms with Crippen molar-refractivity contribution in [3.63, 3.8) is 0 Å². The van der Waals surface area contributed by atoms with Gasteiger partial charge in [-0.1, -0.05) is 78.3 Å². The van der Waals surface area contributed by atoms with Gasteiger partial charge in [0.2, 0.25) is 21.8 Å². The molecule has 2 aromatic carbocycles. The number of sulfonamides is 1. The number of amides is 2. The number of carbonyl (C=O) groups is 3. The minimum atomic E-state index is -3.78. The molecule has 0 spiro atoms. The summed E-state index contributed by atoms with van der Waals surface area (Å²) < 4.78 is 35.3. The van der Waals surface area contributed by atoms with Gasteiger partial charge in [-0.2, -0.15) is 0 Å². The minimum absolute atomic E-state index is 0.0691. The van der Waals surface area contributed by atoms with Crippen LogP contribution in [0.15, 0.2) is 60.7 Å². The van der Waals surface area contributed by atoms with E-state index in [-0.39, 0.29) is 42.9 Å². The van der Waals surface area contributed by atoms with Crippen LogP contribution < -0.4 is 9.46 Å². The molecule has 254 valence electrons. The number of ether oxygens (including phenoxy) is 1. The molecule has 0 bridgehead atoms. The van der Waals surface area contributed by atoms with Crippen LogP contribution in [-0.2, 0) is 30.8 Å².